The Morgan fingerprint density at radius 3 is 2.79 bits per heavy atom. The molecule has 3 rings (SSSR count). The summed E-state index contributed by atoms with van der Waals surface area (Å²) in [5.41, 5.74) is 1.89. The molecule has 0 aliphatic rings. The van der Waals surface area contributed by atoms with E-state index in [1.807, 2.05) is 56.7 Å². The van der Waals surface area contributed by atoms with E-state index < -0.39 is 0 Å². The second-order valence-electron chi connectivity index (χ2n) is 6.52. The third-order valence-corrected chi connectivity index (χ3v) is 4.92. The van der Waals surface area contributed by atoms with Gasteiger partial charge in [-0.15, -0.1) is 0 Å². The van der Waals surface area contributed by atoms with Gasteiger partial charge in [-0.1, -0.05) is 55.4 Å². The van der Waals surface area contributed by atoms with Crippen molar-refractivity contribution in [2.45, 2.75) is 44.0 Å². The van der Waals surface area contributed by atoms with E-state index in [-0.39, 0.29) is 5.41 Å². The molecule has 0 aliphatic carbocycles. The highest BCUT2D eigenvalue weighted by molar-refractivity contribution is 7.98. The molecular formula is C17H19ClN4OS. The summed E-state index contributed by atoms with van der Waals surface area (Å²) in [6.07, 6.45) is 3.71. The molecule has 7 heteroatoms. The van der Waals surface area contributed by atoms with Crippen molar-refractivity contribution in [3.05, 3.63) is 52.9 Å². The molecule has 0 fully saturated rings. The summed E-state index contributed by atoms with van der Waals surface area (Å²) < 4.78 is 7.35. The van der Waals surface area contributed by atoms with Crippen molar-refractivity contribution >= 4 is 23.4 Å². The van der Waals surface area contributed by atoms with Gasteiger partial charge < -0.3 is 4.52 Å². The first-order valence-electron chi connectivity index (χ1n) is 7.61. The van der Waals surface area contributed by atoms with Crippen LogP contribution >= 0.6 is 23.4 Å². The summed E-state index contributed by atoms with van der Waals surface area (Å²) >= 11 is 7.79. The third-order valence-electron chi connectivity index (χ3n) is 3.55. The number of nitrogens with zero attached hydrogens (tertiary/aromatic N) is 4. The van der Waals surface area contributed by atoms with E-state index in [1.54, 1.807) is 18.0 Å². The van der Waals surface area contributed by atoms with Gasteiger partial charge in [0, 0.05) is 22.8 Å². The summed E-state index contributed by atoms with van der Waals surface area (Å²) in [4.78, 5) is 8.89. The van der Waals surface area contributed by atoms with Crippen LogP contribution in [0.2, 0.25) is 5.02 Å². The Kier molecular flexibility index (Phi) is 4.69. The molecule has 0 bridgehead atoms. The second kappa shape index (κ2) is 6.61. The first-order valence-corrected chi connectivity index (χ1v) is 8.97. The summed E-state index contributed by atoms with van der Waals surface area (Å²) in [6.45, 7) is 8.14. The summed E-state index contributed by atoms with van der Waals surface area (Å²) in [5.74, 6) is 1.91. The molecule has 0 unspecified atom stereocenters. The van der Waals surface area contributed by atoms with E-state index in [0.717, 1.165) is 21.4 Å². The number of halogens is 1. The Morgan fingerprint density at radius 1 is 1.29 bits per heavy atom. The number of benzene rings is 1. The van der Waals surface area contributed by atoms with E-state index in [2.05, 4.69) is 15.1 Å². The minimum absolute atomic E-state index is 0.147. The molecule has 24 heavy (non-hydrogen) atoms. The number of hydrogen-bond donors (Lipinski definition) is 0. The van der Waals surface area contributed by atoms with Crippen LogP contribution in [0.3, 0.4) is 0 Å². The van der Waals surface area contributed by atoms with Crippen LogP contribution in [0.4, 0.5) is 0 Å². The van der Waals surface area contributed by atoms with Gasteiger partial charge in [0.1, 0.15) is 0 Å². The standard InChI is InChI=1S/C17H19ClN4OS/c1-11-12(18)6-5-7-13(11)22-9-8-19-16(22)24-10-14-20-15(23-21-14)17(2,3)4/h5-9H,10H2,1-4H3. The zero-order chi connectivity index (χ0) is 17.3. The van der Waals surface area contributed by atoms with Gasteiger partial charge in [0.2, 0.25) is 5.89 Å². The van der Waals surface area contributed by atoms with Gasteiger partial charge >= 0.3 is 0 Å². The van der Waals surface area contributed by atoms with E-state index in [9.17, 15) is 0 Å². The summed E-state index contributed by atoms with van der Waals surface area (Å²) in [6, 6.07) is 5.85. The highest BCUT2D eigenvalue weighted by Gasteiger charge is 2.22. The second-order valence-corrected chi connectivity index (χ2v) is 7.87. The molecule has 2 aromatic heterocycles. The van der Waals surface area contributed by atoms with E-state index in [0.29, 0.717) is 17.5 Å². The first kappa shape index (κ1) is 17.0. The molecule has 0 aliphatic heterocycles. The van der Waals surface area contributed by atoms with Crippen molar-refractivity contribution in [2.24, 2.45) is 0 Å². The Labute approximate surface area is 150 Å². The van der Waals surface area contributed by atoms with Crippen LogP contribution in [-0.2, 0) is 11.2 Å². The first-order chi connectivity index (χ1) is 11.4. The minimum atomic E-state index is -0.147. The van der Waals surface area contributed by atoms with Gasteiger partial charge in [0.25, 0.3) is 0 Å². The highest BCUT2D eigenvalue weighted by atomic mass is 35.5. The van der Waals surface area contributed by atoms with Crippen molar-refractivity contribution in [3.8, 4) is 5.69 Å². The van der Waals surface area contributed by atoms with Crippen LogP contribution in [0.5, 0.6) is 0 Å². The number of hydrogen-bond acceptors (Lipinski definition) is 5. The molecule has 0 saturated heterocycles. The van der Waals surface area contributed by atoms with Gasteiger partial charge in [-0.05, 0) is 24.6 Å². The number of rotatable bonds is 4. The van der Waals surface area contributed by atoms with Gasteiger partial charge in [-0.2, -0.15) is 4.98 Å². The molecule has 0 radical (unpaired) electrons. The van der Waals surface area contributed by atoms with E-state index in [4.69, 9.17) is 16.1 Å². The lowest BCUT2D eigenvalue weighted by molar-refractivity contribution is 0.319. The minimum Gasteiger partial charge on any atom is -0.339 e. The Morgan fingerprint density at radius 2 is 2.08 bits per heavy atom. The van der Waals surface area contributed by atoms with Crippen LogP contribution in [0.1, 0.15) is 38.0 Å². The molecule has 0 atom stereocenters. The largest absolute Gasteiger partial charge is 0.339 e. The maximum atomic E-state index is 6.23. The van der Waals surface area contributed by atoms with Crippen LogP contribution < -0.4 is 0 Å². The molecule has 1 aromatic carbocycles. The predicted octanol–water partition coefficient (Wildman–Crippen LogP) is 4.81. The number of aromatic nitrogens is 4. The topological polar surface area (TPSA) is 56.7 Å². The zero-order valence-electron chi connectivity index (χ0n) is 14.1. The molecule has 2 heterocycles. The molecule has 0 saturated carbocycles. The number of imidazole rings is 1. The van der Waals surface area contributed by atoms with Gasteiger partial charge in [-0.3, -0.25) is 4.57 Å². The predicted molar refractivity (Wildman–Crippen MR) is 95.9 cm³/mol. The molecule has 5 nitrogen and oxygen atoms in total. The van der Waals surface area contributed by atoms with Crippen LogP contribution in [-0.4, -0.2) is 19.7 Å². The molecular weight excluding hydrogens is 344 g/mol. The zero-order valence-corrected chi connectivity index (χ0v) is 15.6. The van der Waals surface area contributed by atoms with E-state index >= 15 is 0 Å². The van der Waals surface area contributed by atoms with Gasteiger partial charge in [-0.25, -0.2) is 4.98 Å². The number of thioether (sulfide) groups is 1. The summed E-state index contributed by atoms with van der Waals surface area (Å²) in [7, 11) is 0. The fourth-order valence-electron chi connectivity index (χ4n) is 2.18. The van der Waals surface area contributed by atoms with Crippen molar-refractivity contribution in [3.63, 3.8) is 0 Å². The SMILES string of the molecule is Cc1c(Cl)cccc1-n1ccnc1SCc1noc(C(C)(C)C)n1. The smallest absolute Gasteiger partial charge is 0.232 e. The molecule has 0 amide bonds. The fourth-order valence-corrected chi connectivity index (χ4v) is 3.16. The third kappa shape index (κ3) is 3.49. The van der Waals surface area contributed by atoms with Gasteiger partial charge in [0.05, 0.1) is 11.4 Å². The molecule has 126 valence electrons. The molecule has 3 aromatic rings. The van der Waals surface area contributed by atoms with Crippen LogP contribution in [0.25, 0.3) is 5.69 Å². The van der Waals surface area contributed by atoms with Crippen LogP contribution in [0, 0.1) is 6.92 Å². The Bertz CT molecular complexity index is 850. The monoisotopic (exact) mass is 362 g/mol. The average molecular weight is 363 g/mol. The fraction of sp³-hybridized carbons (Fsp3) is 0.353. The van der Waals surface area contributed by atoms with Crippen LogP contribution in [0.15, 0.2) is 40.3 Å². The van der Waals surface area contributed by atoms with Crippen molar-refractivity contribution in [1.29, 1.82) is 0 Å². The lowest BCUT2D eigenvalue weighted by Gasteiger charge is -2.11. The van der Waals surface area contributed by atoms with Crippen molar-refractivity contribution < 1.29 is 4.52 Å². The van der Waals surface area contributed by atoms with Crippen molar-refractivity contribution in [1.82, 2.24) is 19.7 Å². The maximum Gasteiger partial charge on any atom is 0.232 e. The van der Waals surface area contributed by atoms with Gasteiger partial charge in [0.15, 0.2) is 11.0 Å². The van der Waals surface area contributed by atoms with E-state index in [1.165, 1.54) is 0 Å². The lowest BCUT2D eigenvalue weighted by atomic mass is 9.97. The maximum absolute atomic E-state index is 6.23. The highest BCUT2D eigenvalue weighted by Crippen LogP contribution is 2.28. The Hall–Kier alpha value is -1.79. The lowest BCUT2D eigenvalue weighted by Crippen LogP contribution is -2.11. The average Bonchev–Trinajstić information content (AvgIpc) is 3.16. The molecule has 0 spiro atoms. The molecule has 0 N–H and O–H groups in total. The normalized spacial score (nSPS) is 11.9. The Balaban J connectivity index is 1.79. The summed E-state index contributed by atoms with van der Waals surface area (Å²) in [5, 5.41) is 5.66. The van der Waals surface area contributed by atoms with Crippen molar-refractivity contribution in [2.75, 3.05) is 0 Å². The quantitative estimate of drug-likeness (QED) is 0.623.